The summed E-state index contributed by atoms with van der Waals surface area (Å²) in [4.78, 5) is 4.03. The van der Waals surface area contributed by atoms with Crippen LogP contribution in [-0.4, -0.2) is 18.1 Å². The quantitative estimate of drug-likeness (QED) is 0.640. The predicted molar refractivity (Wildman–Crippen MR) is 85.2 cm³/mol. The van der Waals surface area contributed by atoms with Crippen molar-refractivity contribution in [3.05, 3.63) is 48.3 Å². The van der Waals surface area contributed by atoms with Crippen LogP contribution in [0.1, 0.15) is 51.0 Å². The lowest BCUT2D eigenvalue weighted by atomic mass is 10.1. The maximum Gasteiger partial charge on any atom is 0.157 e. The molecule has 1 heterocycles. The van der Waals surface area contributed by atoms with Crippen molar-refractivity contribution < 1.29 is 17.3 Å². The van der Waals surface area contributed by atoms with Gasteiger partial charge in [0.25, 0.3) is 0 Å². The predicted octanol–water partition coefficient (Wildman–Crippen LogP) is 0.180. The van der Waals surface area contributed by atoms with Crippen LogP contribution in [0.5, 0.6) is 0 Å². The van der Waals surface area contributed by atoms with Crippen LogP contribution in [0.15, 0.2) is 42.7 Å². The number of quaternary nitrogens is 1. The van der Waals surface area contributed by atoms with E-state index >= 15 is 0 Å². The van der Waals surface area contributed by atoms with Crippen LogP contribution >= 0.6 is 0 Å². The number of halogens is 1. The highest BCUT2D eigenvalue weighted by Gasteiger charge is 2.16. The molecule has 1 aromatic rings. The van der Waals surface area contributed by atoms with Crippen molar-refractivity contribution in [3.8, 4) is 0 Å². The zero-order valence-corrected chi connectivity index (χ0v) is 14.0. The third kappa shape index (κ3) is 7.01. The van der Waals surface area contributed by atoms with Gasteiger partial charge in [0.2, 0.25) is 0 Å². The molecule has 0 saturated carbocycles. The zero-order chi connectivity index (χ0) is 14.0. The highest BCUT2D eigenvalue weighted by Crippen LogP contribution is 2.06. The van der Waals surface area contributed by atoms with Gasteiger partial charge in [0, 0.05) is 6.54 Å². The largest absolute Gasteiger partial charge is 1.00 e. The van der Waals surface area contributed by atoms with Crippen LogP contribution in [0.2, 0.25) is 0 Å². The minimum Gasteiger partial charge on any atom is -1.00 e. The summed E-state index contributed by atoms with van der Waals surface area (Å²) in [7, 11) is 0. The van der Waals surface area contributed by atoms with Crippen LogP contribution in [0, 0.1) is 0 Å². The van der Waals surface area contributed by atoms with Gasteiger partial charge in [-0.05, 0) is 18.4 Å². The Morgan fingerprint density at radius 1 is 1.00 bits per heavy atom. The molecule has 0 amide bonds. The SMILES string of the molecule is CCCCCCCC[NH+]1C=CN(Cc2ccccc2)C1.[Cl-]. The molecular weight excluding hydrogens is 280 g/mol. The Labute approximate surface area is 136 Å². The van der Waals surface area contributed by atoms with Crippen molar-refractivity contribution in [1.82, 2.24) is 4.90 Å². The molecule has 2 rings (SSSR count). The van der Waals surface area contributed by atoms with Gasteiger partial charge in [-0.2, -0.15) is 0 Å². The van der Waals surface area contributed by atoms with Gasteiger partial charge in [-0.3, -0.25) is 4.90 Å². The number of nitrogens with zero attached hydrogens (tertiary/aromatic N) is 1. The molecule has 0 fully saturated rings. The van der Waals surface area contributed by atoms with E-state index in [0.29, 0.717) is 0 Å². The Balaban J connectivity index is 0.00000220. The third-order valence-corrected chi connectivity index (χ3v) is 4.01. The van der Waals surface area contributed by atoms with E-state index < -0.39 is 0 Å². The molecule has 1 aromatic carbocycles. The molecule has 1 atom stereocenters. The molecule has 0 aromatic heterocycles. The van der Waals surface area contributed by atoms with Gasteiger partial charge in [0.1, 0.15) is 6.20 Å². The van der Waals surface area contributed by atoms with Crippen molar-refractivity contribution in [3.63, 3.8) is 0 Å². The van der Waals surface area contributed by atoms with Crippen molar-refractivity contribution in [1.29, 1.82) is 0 Å². The summed E-state index contributed by atoms with van der Waals surface area (Å²) in [6, 6.07) is 10.7. The second kappa shape index (κ2) is 10.7. The molecule has 0 aliphatic carbocycles. The fourth-order valence-corrected chi connectivity index (χ4v) is 2.80. The highest BCUT2D eigenvalue weighted by molar-refractivity contribution is 5.14. The Morgan fingerprint density at radius 2 is 1.71 bits per heavy atom. The second-order valence-electron chi connectivity index (χ2n) is 5.88. The molecule has 1 aliphatic rings. The molecule has 2 nitrogen and oxygen atoms in total. The van der Waals surface area contributed by atoms with Gasteiger partial charge in [-0.1, -0.05) is 62.9 Å². The summed E-state index contributed by atoms with van der Waals surface area (Å²) in [5.41, 5.74) is 1.40. The van der Waals surface area contributed by atoms with Crippen LogP contribution in [-0.2, 0) is 6.54 Å². The maximum absolute atomic E-state index is 2.42. The van der Waals surface area contributed by atoms with E-state index in [1.165, 1.54) is 50.6 Å². The lowest BCUT2D eigenvalue weighted by Crippen LogP contribution is -3.07. The van der Waals surface area contributed by atoms with Crippen molar-refractivity contribution >= 4 is 0 Å². The first-order valence-corrected chi connectivity index (χ1v) is 8.19. The molecule has 1 unspecified atom stereocenters. The normalized spacial score (nSPS) is 17.0. The lowest BCUT2D eigenvalue weighted by Gasteiger charge is -2.17. The van der Waals surface area contributed by atoms with Crippen molar-refractivity contribution in [2.75, 3.05) is 13.2 Å². The third-order valence-electron chi connectivity index (χ3n) is 4.01. The molecule has 0 spiro atoms. The molecule has 118 valence electrons. The average molecular weight is 309 g/mol. The summed E-state index contributed by atoms with van der Waals surface area (Å²) in [5.74, 6) is 0. The summed E-state index contributed by atoms with van der Waals surface area (Å²) < 4.78 is 0. The Morgan fingerprint density at radius 3 is 2.48 bits per heavy atom. The fourth-order valence-electron chi connectivity index (χ4n) is 2.80. The van der Waals surface area contributed by atoms with Crippen LogP contribution in [0.3, 0.4) is 0 Å². The van der Waals surface area contributed by atoms with Gasteiger partial charge < -0.3 is 17.3 Å². The molecule has 0 bridgehead atoms. The molecule has 1 N–H and O–H groups in total. The monoisotopic (exact) mass is 308 g/mol. The Hall–Kier alpha value is -0.990. The summed E-state index contributed by atoms with van der Waals surface area (Å²) >= 11 is 0. The van der Waals surface area contributed by atoms with E-state index in [4.69, 9.17) is 0 Å². The average Bonchev–Trinajstić information content (AvgIpc) is 2.91. The molecule has 21 heavy (non-hydrogen) atoms. The molecular formula is C18H29ClN2. The second-order valence-corrected chi connectivity index (χ2v) is 5.88. The van der Waals surface area contributed by atoms with E-state index in [2.05, 4.69) is 54.6 Å². The Bertz CT molecular complexity index is 391. The van der Waals surface area contributed by atoms with E-state index in [9.17, 15) is 0 Å². The van der Waals surface area contributed by atoms with Crippen LogP contribution in [0.25, 0.3) is 0 Å². The minimum absolute atomic E-state index is 0. The number of unbranched alkanes of at least 4 members (excludes halogenated alkanes) is 5. The minimum atomic E-state index is 0. The molecule has 3 heteroatoms. The smallest absolute Gasteiger partial charge is 0.157 e. The highest BCUT2D eigenvalue weighted by atomic mass is 35.5. The van der Waals surface area contributed by atoms with E-state index in [1.54, 1.807) is 4.90 Å². The number of hydrogen-bond acceptors (Lipinski definition) is 1. The summed E-state index contributed by atoms with van der Waals surface area (Å²) in [6.45, 7) is 5.73. The van der Waals surface area contributed by atoms with Crippen LogP contribution in [0.4, 0.5) is 0 Å². The summed E-state index contributed by atoms with van der Waals surface area (Å²) in [6.07, 6.45) is 12.9. The summed E-state index contributed by atoms with van der Waals surface area (Å²) in [5, 5.41) is 0. The van der Waals surface area contributed by atoms with E-state index in [-0.39, 0.29) is 12.4 Å². The maximum atomic E-state index is 2.42. The van der Waals surface area contributed by atoms with Gasteiger partial charge in [-0.25, -0.2) is 0 Å². The van der Waals surface area contributed by atoms with Gasteiger partial charge in [-0.15, -0.1) is 0 Å². The Kier molecular flexibility index (Phi) is 9.20. The standard InChI is InChI=1S/C18H28N2.ClH/c1-2-3-4-5-6-10-13-19-14-15-20(17-19)16-18-11-8-7-9-12-18;/h7-9,11-12,14-15H,2-6,10,13,16-17H2,1H3;1H. The van der Waals surface area contributed by atoms with Gasteiger partial charge >= 0.3 is 0 Å². The van der Waals surface area contributed by atoms with E-state index in [0.717, 1.165) is 13.2 Å². The molecule has 1 aliphatic heterocycles. The first-order valence-electron chi connectivity index (χ1n) is 8.19. The molecule has 0 saturated heterocycles. The van der Waals surface area contributed by atoms with Crippen molar-refractivity contribution in [2.45, 2.75) is 52.0 Å². The number of nitrogens with one attached hydrogen (secondary N) is 1. The van der Waals surface area contributed by atoms with Crippen LogP contribution < -0.4 is 17.3 Å². The number of rotatable bonds is 9. The van der Waals surface area contributed by atoms with Gasteiger partial charge in [0.15, 0.2) is 6.67 Å². The first kappa shape index (κ1) is 18.1. The van der Waals surface area contributed by atoms with Crippen molar-refractivity contribution in [2.24, 2.45) is 0 Å². The topological polar surface area (TPSA) is 7.68 Å². The number of hydrogen-bond donors (Lipinski definition) is 1. The zero-order valence-electron chi connectivity index (χ0n) is 13.2. The molecule has 0 radical (unpaired) electrons. The number of benzene rings is 1. The lowest BCUT2D eigenvalue weighted by molar-refractivity contribution is -0.849. The van der Waals surface area contributed by atoms with Gasteiger partial charge in [0.05, 0.1) is 12.7 Å². The van der Waals surface area contributed by atoms with E-state index in [1.807, 2.05) is 0 Å². The fraction of sp³-hybridized carbons (Fsp3) is 0.556. The first-order chi connectivity index (χ1) is 9.88.